The normalized spacial score (nSPS) is 17.6. The van der Waals surface area contributed by atoms with E-state index in [0.717, 1.165) is 4.90 Å². The second kappa shape index (κ2) is 8.18. The van der Waals surface area contributed by atoms with Crippen molar-refractivity contribution in [3.05, 3.63) is 76.8 Å². The molecule has 1 atom stereocenters. The van der Waals surface area contributed by atoms with Gasteiger partial charge in [0.1, 0.15) is 17.3 Å². The SMILES string of the molecule is COc1ccc(/C(O)=C2\C(=O)C(=O)N(c3cc(C)on3)[C@@H]2c2ccccc2F)cc1OC. The second-order valence-corrected chi connectivity index (χ2v) is 7.06. The van der Waals surface area contributed by atoms with Crippen LogP contribution in [0.4, 0.5) is 10.2 Å². The Hall–Kier alpha value is -4.14. The zero-order valence-corrected chi connectivity index (χ0v) is 17.5. The third-order valence-electron chi connectivity index (χ3n) is 5.16. The van der Waals surface area contributed by atoms with E-state index >= 15 is 0 Å². The van der Waals surface area contributed by atoms with Crippen LogP contribution in [-0.4, -0.2) is 36.2 Å². The Bertz CT molecular complexity index is 1250. The van der Waals surface area contributed by atoms with Crippen LogP contribution in [0.1, 0.15) is 22.9 Å². The van der Waals surface area contributed by atoms with Crippen molar-refractivity contribution in [2.45, 2.75) is 13.0 Å². The fourth-order valence-electron chi connectivity index (χ4n) is 3.67. The van der Waals surface area contributed by atoms with E-state index in [1.807, 2.05) is 0 Å². The van der Waals surface area contributed by atoms with Gasteiger partial charge in [0.25, 0.3) is 5.78 Å². The van der Waals surface area contributed by atoms with Crippen molar-refractivity contribution in [1.29, 1.82) is 0 Å². The van der Waals surface area contributed by atoms with Gasteiger partial charge in [-0.2, -0.15) is 0 Å². The van der Waals surface area contributed by atoms with Crippen LogP contribution >= 0.6 is 0 Å². The van der Waals surface area contributed by atoms with E-state index in [2.05, 4.69) is 5.16 Å². The van der Waals surface area contributed by atoms with Gasteiger partial charge in [0.15, 0.2) is 17.3 Å². The lowest BCUT2D eigenvalue weighted by molar-refractivity contribution is -0.132. The fraction of sp³-hybridized carbons (Fsp3) is 0.174. The van der Waals surface area contributed by atoms with Gasteiger partial charge in [-0.3, -0.25) is 14.5 Å². The summed E-state index contributed by atoms with van der Waals surface area (Å²) in [4.78, 5) is 27.0. The van der Waals surface area contributed by atoms with Crippen LogP contribution in [0.15, 0.2) is 58.6 Å². The van der Waals surface area contributed by atoms with Crippen molar-refractivity contribution in [3.63, 3.8) is 0 Å². The van der Waals surface area contributed by atoms with E-state index in [1.165, 1.54) is 50.6 Å². The summed E-state index contributed by atoms with van der Waals surface area (Å²) in [7, 11) is 2.88. The van der Waals surface area contributed by atoms with Gasteiger partial charge in [0.05, 0.1) is 25.8 Å². The fourth-order valence-corrected chi connectivity index (χ4v) is 3.67. The number of hydrogen-bond donors (Lipinski definition) is 1. The van der Waals surface area contributed by atoms with Gasteiger partial charge < -0.3 is 19.1 Å². The van der Waals surface area contributed by atoms with Crippen LogP contribution in [0.2, 0.25) is 0 Å². The number of benzene rings is 2. The number of carbonyl (C=O) groups excluding carboxylic acids is 2. The number of Topliss-reactive ketones (excluding diaryl/α,β-unsaturated/α-hetero) is 1. The van der Waals surface area contributed by atoms with E-state index in [9.17, 15) is 19.1 Å². The third-order valence-corrected chi connectivity index (χ3v) is 5.16. The van der Waals surface area contributed by atoms with Crippen molar-refractivity contribution in [1.82, 2.24) is 5.16 Å². The number of aliphatic hydroxyl groups excluding tert-OH is 1. The van der Waals surface area contributed by atoms with Gasteiger partial charge in [-0.05, 0) is 31.2 Å². The Balaban J connectivity index is 1.96. The minimum absolute atomic E-state index is 0.0226. The number of ketones is 1. The molecular weight excluding hydrogens is 419 g/mol. The first-order chi connectivity index (χ1) is 15.4. The predicted octanol–water partition coefficient (Wildman–Crippen LogP) is 3.77. The molecule has 3 aromatic rings. The smallest absolute Gasteiger partial charge is 0.301 e. The summed E-state index contributed by atoms with van der Waals surface area (Å²) >= 11 is 0. The van der Waals surface area contributed by atoms with Crippen molar-refractivity contribution in [2.24, 2.45) is 0 Å². The molecule has 1 fully saturated rings. The molecule has 0 aliphatic carbocycles. The average molecular weight is 438 g/mol. The zero-order chi connectivity index (χ0) is 23.0. The number of methoxy groups -OCH3 is 2. The summed E-state index contributed by atoms with van der Waals surface area (Å²) in [5.41, 5.74) is -0.0688. The Kier molecular flexibility index (Phi) is 5.40. The Morgan fingerprint density at radius 3 is 2.44 bits per heavy atom. The molecule has 1 N–H and O–H groups in total. The number of hydrogen-bond acceptors (Lipinski definition) is 7. The van der Waals surface area contributed by atoms with Crippen LogP contribution < -0.4 is 14.4 Å². The molecule has 32 heavy (non-hydrogen) atoms. The van der Waals surface area contributed by atoms with Gasteiger partial charge in [0.2, 0.25) is 0 Å². The maximum atomic E-state index is 14.8. The average Bonchev–Trinajstić information content (AvgIpc) is 3.33. The first-order valence-corrected chi connectivity index (χ1v) is 9.58. The van der Waals surface area contributed by atoms with Crippen LogP contribution in [0, 0.1) is 12.7 Å². The molecule has 1 aromatic heterocycles. The van der Waals surface area contributed by atoms with Crippen molar-refractivity contribution in [3.8, 4) is 11.5 Å². The van der Waals surface area contributed by atoms with E-state index in [0.29, 0.717) is 17.3 Å². The lowest BCUT2D eigenvalue weighted by Gasteiger charge is -2.23. The molecule has 0 saturated carbocycles. The number of ether oxygens (including phenoxy) is 2. The number of amides is 1. The molecule has 8 nitrogen and oxygen atoms in total. The Labute approximate surface area is 182 Å². The minimum Gasteiger partial charge on any atom is -0.507 e. The number of halogens is 1. The highest BCUT2D eigenvalue weighted by Gasteiger charge is 2.49. The van der Waals surface area contributed by atoms with Crippen molar-refractivity contribution < 1.29 is 33.1 Å². The first kappa shape index (κ1) is 21.1. The number of anilines is 1. The molecule has 9 heteroatoms. The van der Waals surface area contributed by atoms with E-state index in [1.54, 1.807) is 19.1 Å². The molecule has 1 saturated heterocycles. The second-order valence-electron chi connectivity index (χ2n) is 7.06. The topological polar surface area (TPSA) is 102 Å². The van der Waals surface area contributed by atoms with Gasteiger partial charge in [-0.1, -0.05) is 23.4 Å². The molecule has 1 aliphatic heterocycles. The maximum Gasteiger partial charge on any atom is 0.301 e. The minimum atomic E-state index is -1.26. The maximum absolute atomic E-state index is 14.8. The Morgan fingerprint density at radius 2 is 1.81 bits per heavy atom. The van der Waals surface area contributed by atoms with Crippen molar-refractivity contribution in [2.75, 3.05) is 19.1 Å². The number of aliphatic hydroxyl groups is 1. The summed E-state index contributed by atoms with van der Waals surface area (Å²) < 4.78 is 30.3. The summed E-state index contributed by atoms with van der Waals surface area (Å²) in [6.45, 7) is 1.62. The summed E-state index contributed by atoms with van der Waals surface area (Å²) in [5.74, 6) is -1.94. The first-order valence-electron chi connectivity index (χ1n) is 9.58. The molecule has 0 bridgehead atoms. The molecule has 1 aliphatic rings. The van der Waals surface area contributed by atoms with Crippen LogP contribution in [0.5, 0.6) is 11.5 Å². The molecule has 2 heterocycles. The molecule has 4 rings (SSSR count). The molecule has 0 radical (unpaired) electrons. The number of nitrogens with zero attached hydrogens (tertiary/aromatic N) is 2. The lowest BCUT2D eigenvalue weighted by atomic mass is 9.95. The van der Waals surface area contributed by atoms with Crippen LogP contribution in [0.3, 0.4) is 0 Å². The van der Waals surface area contributed by atoms with Crippen LogP contribution in [-0.2, 0) is 9.59 Å². The van der Waals surface area contributed by atoms with Gasteiger partial charge in [-0.25, -0.2) is 4.39 Å². The molecule has 0 spiro atoms. The largest absolute Gasteiger partial charge is 0.507 e. The number of aromatic nitrogens is 1. The highest BCUT2D eigenvalue weighted by Crippen LogP contribution is 2.43. The zero-order valence-electron chi connectivity index (χ0n) is 17.5. The molecule has 164 valence electrons. The monoisotopic (exact) mass is 438 g/mol. The van der Waals surface area contributed by atoms with E-state index < -0.39 is 29.3 Å². The number of aryl methyl sites for hydroxylation is 1. The summed E-state index contributed by atoms with van der Waals surface area (Å²) in [6.07, 6.45) is 0. The van der Waals surface area contributed by atoms with Gasteiger partial charge in [0, 0.05) is 17.2 Å². The quantitative estimate of drug-likeness (QED) is 0.368. The molecule has 1 amide bonds. The highest BCUT2D eigenvalue weighted by molar-refractivity contribution is 6.51. The Morgan fingerprint density at radius 1 is 1.09 bits per heavy atom. The van der Waals surface area contributed by atoms with Crippen LogP contribution in [0.25, 0.3) is 5.76 Å². The number of carbonyl (C=O) groups is 2. The number of rotatable bonds is 5. The predicted molar refractivity (Wildman–Crippen MR) is 112 cm³/mol. The summed E-state index contributed by atoms with van der Waals surface area (Å²) in [6, 6.07) is 10.4. The van der Waals surface area contributed by atoms with Gasteiger partial charge in [-0.15, -0.1) is 0 Å². The van der Waals surface area contributed by atoms with Gasteiger partial charge >= 0.3 is 5.91 Å². The highest BCUT2D eigenvalue weighted by atomic mass is 19.1. The lowest BCUT2D eigenvalue weighted by Crippen LogP contribution is -2.30. The third kappa shape index (κ3) is 3.37. The van der Waals surface area contributed by atoms with Crippen molar-refractivity contribution >= 4 is 23.3 Å². The molecular formula is C23H19FN2O6. The summed E-state index contributed by atoms with van der Waals surface area (Å²) in [5, 5.41) is 14.9. The van der Waals surface area contributed by atoms with E-state index in [-0.39, 0.29) is 22.5 Å². The molecule has 0 unspecified atom stereocenters. The standard InChI is InChI=1S/C23H19FN2O6/c1-12-10-18(25-32-12)26-20(14-6-4-5-7-15(14)24)19(22(28)23(26)29)21(27)13-8-9-16(30-2)17(11-13)31-3/h4-11,20,27H,1-3H3/b21-19+/t20-/m1/s1. The molecule has 2 aromatic carbocycles. The van der Waals surface area contributed by atoms with E-state index in [4.69, 9.17) is 14.0 Å².